The first-order valence-electron chi connectivity index (χ1n) is 6.46. The Hall–Kier alpha value is -1.55. The van der Waals surface area contributed by atoms with Crippen LogP contribution >= 0.6 is 11.6 Å². The van der Waals surface area contributed by atoms with Gasteiger partial charge < -0.3 is 10.6 Å². The highest BCUT2D eigenvalue weighted by Gasteiger charge is 2.47. The van der Waals surface area contributed by atoms with Crippen molar-refractivity contribution in [2.75, 3.05) is 0 Å². The van der Waals surface area contributed by atoms with Crippen LogP contribution in [0.4, 0.5) is 0 Å². The largest absolute Gasteiger partial charge is 0.345 e. The number of hydrogen-bond acceptors (Lipinski definition) is 2. The molecule has 4 nitrogen and oxygen atoms in total. The van der Waals surface area contributed by atoms with E-state index in [4.69, 9.17) is 11.6 Å². The number of nitrogens with one attached hydrogen (secondary N) is 2. The van der Waals surface area contributed by atoms with Crippen molar-refractivity contribution in [3.63, 3.8) is 0 Å². The first-order chi connectivity index (χ1) is 9.09. The summed E-state index contributed by atoms with van der Waals surface area (Å²) in [4.78, 5) is 23.3. The molecule has 1 saturated carbocycles. The molecule has 1 aromatic carbocycles. The Balaban J connectivity index is 1.72. The molecule has 0 aromatic heterocycles. The molecule has 1 aromatic rings. The lowest BCUT2D eigenvalue weighted by atomic mass is 10.0. The molecule has 0 spiro atoms. The van der Waals surface area contributed by atoms with Crippen LogP contribution in [-0.2, 0) is 15.1 Å². The summed E-state index contributed by atoms with van der Waals surface area (Å²) < 4.78 is 0. The minimum atomic E-state index is -0.385. The first kappa shape index (κ1) is 12.5. The normalized spacial score (nSPS) is 23.8. The van der Waals surface area contributed by atoms with Gasteiger partial charge in [0.05, 0.1) is 5.54 Å². The van der Waals surface area contributed by atoms with Crippen LogP contribution < -0.4 is 10.6 Å². The van der Waals surface area contributed by atoms with Gasteiger partial charge in [-0.25, -0.2) is 0 Å². The maximum Gasteiger partial charge on any atom is 0.243 e. The smallest absolute Gasteiger partial charge is 0.243 e. The van der Waals surface area contributed by atoms with E-state index in [2.05, 4.69) is 10.6 Å². The van der Waals surface area contributed by atoms with Gasteiger partial charge in [0.1, 0.15) is 6.04 Å². The molecule has 1 heterocycles. The van der Waals surface area contributed by atoms with E-state index >= 15 is 0 Å². The highest BCUT2D eigenvalue weighted by molar-refractivity contribution is 6.30. The Morgan fingerprint density at radius 3 is 2.79 bits per heavy atom. The SMILES string of the molecule is O=C1CCC(C(=O)NC2(c3cccc(Cl)c3)CC2)N1. The van der Waals surface area contributed by atoms with Crippen LogP contribution in [0.5, 0.6) is 0 Å². The zero-order valence-corrected chi connectivity index (χ0v) is 11.2. The third-order valence-electron chi connectivity index (χ3n) is 3.80. The van der Waals surface area contributed by atoms with Crippen molar-refractivity contribution in [3.05, 3.63) is 34.9 Å². The molecule has 1 atom stereocenters. The molecule has 2 fully saturated rings. The topological polar surface area (TPSA) is 58.2 Å². The fourth-order valence-corrected chi connectivity index (χ4v) is 2.72. The molecule has 2 aliphatic rings. The molecule has 3 rings (SSSR count). The highest BCUT2D eigenvalue weighted by Crippen LogP contribution is 2.46. The van der Waals surface area contributed by atoms with Crippen molar-refractivity contribution < 1.29 is 9.59 Å². The van der Waals surface area contributed by atoms with Crippen molar-refractivity contribution in [1.82, 2.24) is 10.6 Å². The fourth-order valence-electron chi connectivity index (χ4n) is 2.53. The summed E-state index contributed by atoms with van der Waals surface area (Å²) in [6.07, 6.45) is 2.85. The molecule has 2 N–H and O–H groups in total. The maximum atomic E-state index is 12.1. The van der Waals surface area contributed by atoms with E-state index in [-0.39, 0.29) is 23.4 Å². The average molecular weight is 279 g/mol. The molecule has 1 unspecified atom stereocenters. The van der Waals surface area contributed by atoms with Crippen LogP contribution in [0.15, 0.2) is 24.3 Å². The summed E-state index contributed by atoms with van der Waals surface area (Å²) in [7, 11) is 0. The van der Waals surface area contributed by atoms with Gasteiger partial charge in [0.15, 0.2) is 0 Å². The van der Waals surface area contributed by atoms with Crippen LogP contribution in [0, 0.1) is 0 Å². The second kappa shape index (κ2) is 4.53. The summed E-state index contributed by atoms with van der Waals surface area (Å²) in [6.45, 7) is 0. The van der Waals surface area contributed by atoms with Crippen LogP contribution in [0.3, 0.4) is 0 Å². The Labute approximate surface area is 116 Å². The molecule has 1 aliphatic carbocycles. The van der Waals surface area contributed by atoms with Crippen molar-refractivity contribution in [1.29, 1.82) is 0 Å². The van der Waals surface area contributed by atoms with Crippen LogP contribution in [0.1, 0.15) is 31.2 Å². The highest BCUT2D eigenvalue weighted by atomic mass is 35.5. The van der Waals surface area contributed by atoms with Crippen molar-refractivity contribution in [3.8, 4) is 0 Å². The summed E-state index contributed by atoms with van der Waals surface area (Å²) in [5.41, 5.74) is 0.757. The van der Waals surface area contributed by atoms with Gasteiger partial charge in [-0.3, -0.25) is 9.59 Å². The molecule has 100 valence electrons. The van der Waals surface area contributed by atoms with E-state index in [1.165, 1.54) is 0 Å². The molecule has 2 amide bonds. The van der Waals surface area contributed by atoms with Crippen molar-refractivity contribution >= 4 is 23.4 Å². The van der Waals surface area contributed by atoms with Gasteiger partial charge in [-0.2, -0.15) is 0 Å². The Morgan fingerprint density at radius 2 is 2.21 bits per heavy atom. The predicted octanol–water partition coefficient (Wildman–Crippen LogP) is 1.72. The van der Waals surface area contributed by atoms with E-state index in [0.717, 1.165) is 18.4 Å². The Morgan fingerprint density at radius 1 is 1.42 bits per heavy atom. The van der Waals surface area contributed by atoms with Gasteiger partial charge in [0, 0.05) is 11.4 Å². The lowest BCUT2D eigenvalue weighted by Crippen LogP contribution is -2.46. The maximum absolute atomic E-state index is 12.1. The molecule has 1 saturated heterocycles. The zero-order valence-electron chi connectivity index (χ0n) is 10.4. The van der Waals surface area contributed by atoms with Gasteiger partial charge in [-0.15, -0.1) is 0 Å². The minimum absolute atomic E-state index is 0.0484. The third-order valence-corrected chi connectivity index (χ3v) is 4.04. The summed E-state index contributed by atoms with van der Waals surface area (Å²) in [5, 5.41) is 6.42. The van der Waals surface area contributed by atoms with E-state index in [9.17, 15) is 9.59 Å². The van der Waals surface area contributed by atoms with Crippen LogP contribution in [0.25, 0.3) is 0 Å². The molecule has 19 heavy (non-hydrogen) atoms. The summed E-state index contributed by atoms with van der Waals surface area (Å²) >= 11 is 5.99. The predicted molar refractivity (Wildman–Crippen MR) is 71.7 cm³/mol. The number of carbonyl (C=O) groups is 2. The Bertz CT molecular complexity index is 540. The van der Waals surface area contributed by atoms with Gasteiger partial charge in [0.25, 0.3) is 0 Å². The minimum Gasteiger partial charge on any atom is -0.345 e. The van der Waals surface area contributed by atoms with E-state index in [1.54, 1.807) is 0 Å². The lowest BCUT2D eigenvalue weighted by Gasteiger charge is -2.20. The van der Waals surface area contributed by atoms with E-state index < -0.39 is 0 Å². The molecular weight excluding hydrogens is 264 g/mol. The number of halogens is 1. The zero-order chi connectivity index (χ0) is 13.5. The van der Waals surface area contributed by atoms with Crippen molar-refractivity contribution in [2.24, 2.45) is 0 Å². The molecule has 0 bridgehead atoms. The van der Waals surface area contributed by atoms with Crippen LogP contribution in [-0.4, -0.2) is 17.9 Å². The summed E-state index contributed by atoms with van der Waals surface area (Å²) in [5.74, 6) is -0.143. The standard InChI is InChI=1S/C14H15ClN2O2/c15-10-3-1-2-9(8-10)14(6-7-14)17-13(19)11-4-5-12(18)16-11/h1-3,8,11H,4-7H2,(H,16,18)(H,17,19). The van der Waals surface area contributed by atoms with Crippen molar-refractivity contribution in [2.45, 2.75) is 37.3 Å². The lowest BCUT2D eigenvalue weighted by molar-refractivity contribution is -0.126. The molecule has 0 radical (unpaired) electrons. The van der Waals surface area contributed by atoms with Gasteiger partial charge in [-0.05, 0) is 37.0 Å². The molecule has 1 aliphatic heterocycles. The van der Waals surface area contributed by atoms with Gasteiger partial charge in [-0.1, -0.05) is 23.7 Å². The summed E-state index contributed by atoms with van der Waals surface area (Å²) in [6, 6.07) is 7.19. The Kier molecular flexibility index (Phi) is 2.97. The number of carbonyl (C=O) groups excluding carboxylic acids is 2. The van der Waals surface area contributed by atoms with Gasteiger partial charge in [0.2, 0.25) is 11.8 Å². The van der Waals surface area contributed by atoms with Crippen LogP contribution in [0.2, 0.25) is 5.02 Å². The van der Waals surface area contributed by atoms with E-state index in [1.807, 2.05) is 24.3 Å². The second-order valence-corrected chi connectivity index (χ2v) is 5.68. The second-order valence-electron chi connectivity index (χ2n) is 5.24. The number of amides is 2. The quantitative estimate of drug-likeness (QED) is 0.885. The number of benzene rings is 1. The van der Waals surface area contributed by atoms with Gasteiger partial charge >= 0.3 is 0 Å². The number of rotatable bonds is 3. The first-order valence-corrected chi connectivity index (χ1v) is 6.84. The third kappa shape index (κ3) is 2.45. The monoisotopic (exact) mass is 278 g/mol. The fraction of sp³-hybridized carbons (Fsp3) is 0.429. The molecule has 5 heteroatoms. The van der Waals surface area contributed by atoms with E-state index in [0.29, 0.717) is 17.9 Å². The molecular formula is C14H15ClN2O2. The average Bonchev–Trinajstić information content (AvgIpc) is 3.03. The number of hydrogen-bond donors (Lipinski definition) is 2.